The van der Waals surface area contributed by atoms with E-state index in [2.05, 4.69) is 50.4 Å². The average Bonchev–Trinajstić information content (AvgIpc) is 2.60. The molecule has 26 heavy (non-hydrogen) atoms. The van der Waals surface area contributed by atoms with Gasteiger partial charge in [0.15, 0.2) is 0 Å². The second-order valence-electron chi connectivity index (χ2n) is 7.72. The number of carboxylic acid groups (broad SMARTS) is 1. The number of carbonyl (C=O) groups is 2. The molecule has 0 radical (unpaired) electrons. The molecule has 5 heteroatoms. The Morgan fingerprint density at radius 1 is 1.23 bits per heavy atom. The molecule has 2 rings (SSSR count). The summed E-state index contributed by atoms with van der Waals surface area (Å²) in [7, 11) is 0. The van der Waals surface area contributed by atoms with Crippen molar-refractivity contribution in [3.63, 3.8) is 0 Å². The van der Waals surface area contributed by atoms with Crippen molar-refractivity contribution in [2.24, 2.45) is 0 Å². The topological polar surface area (TPSA) is 75.6 Å². The number of benzene rings is 1. The van der Waals surface area contributed by atoms with Crippen LogP contribution in [0.2, 0.25) is 0 Å². The molecule has 1 aliphatic rings. The molecule has 0 aliphatic carbocycles. The Hall–Kier alpha value is -1.88. The average molecular weight is 361 g/mol. The van der Waals surface area contributed by atoms with Gasteiger partial charge in [-0.15, -0.1) is 0 Å². The van der Waals surface area contributed by atoms with Gasteiger partial charge in [-0.1, -0.05) is 36.8 Å². The first kappa shape index (κ1) is 20.4. The van der Waals surface area contributed by atoms with Gasteiger partial charge in [-0.25, -0.2) is 0 Å². The smallest absolute Gasteiger partial charge is 0.303 e. The van der Waals surface area contributed by atoms with E-state index in [0.29, 0.717) is 13.2 Å². The Labute approximate surface area is 156 Å². The minimum Gasteiger partial charge on any atom is -0.481 e. The van der Waals surface area contributed by atoms with Crippen LogP contribution in [0.1, 0.15) is 63.5 Å². The van der Waals surface area contributed by atoms with E-state index in [1.165, 1.54) is 11.1 Å². The number of aryl methyl sites for hydroxylation is 1. The lowest BCUT2D eigenvalue weighted by atomic mass is 9.66. The van der Waals surface area contributed by atoms with E-state index >= 15 is 0 Å². The number of hydrogen-bond acceptors (Lipinski definition) is 3. The van der Waals surface area contributed by atoms with Crippen LogP contribution >= 0.6 is 0 Å². The molecule has 1 aromatic rings. The molecule has 2 N–H and O–H groups in total. The van der Waals surface area contributed by atoms with Crippen molar-refractivity contribution in [2.75, 3.05) is 13.2 Å². The van der Waals surface area contributed by atoms with Crippen molar-refractivity contribution in [3.8, 4) is 0 Å². The van der Waals surface area contributed by atoms with E-state index in [-0.39, 0.29) is 29.8 Å². The van der Waals surface area contributed by atoms with Gasteiger partial charge in [-0.05, 0) is 45.1 Å². The monoisotopic (exact) mass is 361 g/mol. The van der Waals surface area contributed by atoms with Crippen molar-refractivity contribution in [3.05, 3.63) is 35.4 Å². The molecule has 0 spiro atoms. The molecule has 1 fully saturated rings. The first-order valence-corrected chi connectivity index (χ1v) is 9.48. The Bertz CT molecular complexity index is 627. The lowest BCUT2D eigenvalue weighted by Gasteiger charge is -2.47. The molecule has 1 aromatic carbocycles. The zero-order chi connectivity index (χ0) is 19.2. The fraction of sp³-hybridized carbons (Fsp3) is 0.619. The van der Waals surface area contributed by atoms with E-state index in [1.807, 2.05) is 0 Å². The van der Waals surface area contributed by atoms with Gasteiger partial charge in [0.2, 0.25) is 5.91 Å². The lowest BCUT2D eigenvalue weighted by molar-refractivity contribution is -0.138. The number of amides is 1. The number of carboxylic acids is 1. The summed E-state index contributed by atoms with van der Waals surface area (Å²) in [4.78, 5) is 22.5. The van der Waals surface area contributed by atoms with Crippen LogP contribution in [0.25, 0.3) is 0 Å². The number of rotatable bonds is 8. The molecule has 144 valence electrons. The van der Waals surface area contributed by atoms with Crippen LogP contribution in [0.4, 0.5) is 0 Å². The summed E-state index contributed by atoms with van der Waals surface area (Å²) in [6.45, 7) is 7.66. The highest BCUT2D eigenvalue weighted by Gasteiger charge is 2.43. The number of aliphatic carboxylic acids is 1. The highest BCUT2D eigenvalue weighted by atomic mass is 16.5. The molecule has 0 aromatic heterocycles. The zero-order valence-corrected chi connectivity index (χ0v) is 16.1. The molecular formula is C21H31NO4. The van der Waals surface area contributed by atoms with Crippen LogP contribution < -0.4 is 5.32 Å². The maximum absolute atomic E-state index is 11.9. The Morgan fingerprint density at radius 3 is 2.54 bits per heavy atom. The quantitative estimate of drug-likeness (QED) is 0.742. The van der Waals surface area contributed by atoms with Gasteiger partial charge >= 0.3 is 5.97 Å². The molecule has 5 nitrogen and oxygen atoms in total. The van der Waals surface area contributed by atoms with Gasteiger partial charge in [0, 0.05) is 25.0 Å². The molecule has 2 unspecified atom stereocenters. The van der Waals surface area contributed by atoms with E-state index in [9.17, 15) is 9.59 Å². The first-order valence-electron chi connectivity index (χ1n) is 9.48. The molecule has 1 aliphatic heterocycles. The number of ether oxygens (including phenoxy) is 1. The summed E-state index contributed by atoms with van der Waals surface area (Å²) in [6, 6.07) is 8.68. The third kappa shape index (κ3) is 5.31. The van der Waals surface area contributed by atoms with Gasteiger partial charge in [0.1, 0.15) is 0 Å². The fourth-order valence-electron chi connectivity index (χ4n) is 3.84. The first-order chi connectivity index (χ1) is 12.3. The normalized spacial score (nSPS) is 25.7. The van der Waals surface area contributed by atoms with Crippen molar-refractivity contribution >= 4 is 11.9 Å². The highest BCUT2D eigenvalue weighted by Crippen LogP contribution is 2.45. The zero-order valence-electron chi connectivity index (χ0n) is 16.1. The standard InChI is InChI=1S/C21H31NO4/c1-4-20(3)15-21(12-14-26-20,17-7-5-16(2)6-8-17)11-13-22-18(23)9-10-19(24)25/h5-8H,4,9-15H2,1-3H3,(H,22,23)(H,24,25). The SMILES string of the molecule is CCC1(C)CC(CCNC(=O)CCC(=O)O)(c2ccc(C)cc2)CCO1. The van der Waals surface area contributed by atoms with Gasteiger partial charge in [0.25, 0.3) is 0 Å². The number of carbonyl (C=O) groups excluding carboxylic acids is 1. The summed E-state index contributed by atoms with van der Waals surface area (Å²) in [5.74, 6) is -1.14. The lowest BCUT2D eigenvalue weighted by Crippen LogP contribution is -2.47. The van der Waals surface area contributed by atoms with Gasteiger partial charge in [-0.3, -0.25) is 9.59 Å². The second kappa shape index (κ2) is 8.67. The Kier molecular flexibility index (Phi) is 6.81. The summed E-state index contributed by atoms with van der Waals surface area (Å²) in [6.07, 6.45) is 3.53. The summed E-state index contributed by atoms with van der Waals surface area (Å²) in [5.41, 5.74) is 2.34. The molecular weight excluding hydrogens is 330 g/mol. The van der Waals surface area contributed by atoms with Crippen LogP contribution in [-0.2, 0) is 19.7 Å². The molecule has 1 saturated heterocycles. The van der Waals surface area contributed by atoms with Crippen LogP contribution in [0, 0.1) is 6.92 Å². The Balaban J connectivity index is 2.10. The van der Waals surface area contributed by atoms with Crippen LogP contribution in [0.3, 0.4) is 0 Å². The molecule has 2 atom stereocenters. The van der Waals surface area contributed by atoms with Crippen molar-refractivity contribution in [1.82, 2.24) is 5.32 Å². The number of hydrogen-bond donors (Lipinski definition) is 2. The Morgan fingerprint density at radius 2 is 1.92 bits per heavy atom. The summed E-state index contributed by atoms with van der Waals surface area (Å²) in [5, 5.41) is 11.6. The molecule has 1 heterocycles. The molecule has 1 amide bonds. The van der Waals surface area contributed by atoms with Crippen molar-refractivity contribution in [1.29, 1.82) is 0 Å². The maximum Gasteiger partial charge on any atom is 0.303 e. The van der Waals surface area contributed by atoms with E-state index in [0.717, 1.165) is 25.7 Å². The predicted molar refractivity (Wildman–Crippen MR) is 101 cm³/mol. The van der Waals surface area contributed by atoms with Crippen LogP contribution in [-0.4, -0.2) is 35.7 Å². The third-order valence-corrected chi connectivity index (χ3v) is 5.65. The summed E-state index contributed by atoms with van der Waals surface area (Å²) < 4.78 is 6.05. The summed E-state index contributed by atoms with van der Waals surface area (Å²) >= 11 is 0. The van der Waals surface area contributed by atoms with Gasteiger partial charge < -0.3 is 15.2 Å². The van der Waals surface area contributed by atoms with E-state index in [4.69, 9.17) is 9.84 Å². The predicted octanol–water partition coefficient (Wildman–Crippen LogP) is 3.58. The van der Waals surface area contributed by atoms with Crippen LogP contribution in [0.5, 0.6) is 0 Å². The van der Waals surface area contributed by atoms with Gasteiger partial charge in [-0.2, -0.15) is 0 Å². The molecule has 0 bridgehead atoms. The minimum absolute atomic E-state index is 0.0304. The maximum atomic E-state index is 11.9. The van der Waals surface area contributed by atoms with E-state index in [1.54, 1.807) is 0 Å². The highest BCUT2D eigenvalue weighted by molar-refractivity contribution is 5.80. The largest absolute Gasteiger partial charge is 0.481 e. The fourth-order valence-corrected chi connectivity index (χ4v) is 3.84. The van der Waals surface area contributed by atoms with Gasteiger partial charge in [0.05, 0.1) is 12.0 Å². The second-order valence-corrected chi connectivity index (χ2v) is 7.72. The van der Waals surface area contributed by atoms with Crippen molar-refractivity contribution in [2.45, 2.75) is 70.3 Å². The van der Waals surface area contributed by atoms with Crippen LogP contribution in [0.15, 0.2) is 24.3 Å². The third-order valence-electron chi connectivity index (χ3n) is 5.65. The number of nitrogens with one attached hydrogen (secondary N) is 1. The molecule has 0 saturated carbocycles. The minimum atomic E-state index is -0.945. The van der Waals surface area contributed by atoms with Crippen molar-refractivity contribution < 1.29 is 19.4 Å². The van der Waals surface area contributed by atoms with E-state index < -0.39 is 5.97 Å².